The predicted molar refractivity (Wildman–Crippen MR) is 63.6 cm³/mol. The van der Waals surface area contributed by atoms with Crippen LogP contribution in [0.5, 0.6) is 0 Å². The lowest BCUT2D eigenvalue weighted by Crippen LogP contribution is -1.94. The van der Waals surface area contributed by atoms with Crippen molar-refractivity contribution in [2.75, 3.05) is 0 Å². The van der Waals surface area contributed by atoms with Crippen LogP contribution in [0.3, 0.4) is 0 Å². The van der Waals surface area contributed by atoms with Crippen LogP contribution in [0.15, 0.2) is 30.5 Å². The molecule has 2 heteroatoms. The molecular weight excluding hydrogens is 184 g/mol. The highest BCUT2D eigenvalue weighted by Crippen LogP contribution is 2.22. The van der Waals surface area contributed by atoms with Crippen molar-refractivity contribution in [3.8, 4) is 11.1 Å². The van der Waals surface area contributed by atoms with Crippen molar-refractivity contribution < 1.29 is 0 Å². The van der Waals surface area contributed by atoms with E-state index in [1.54, 1.807) is 0 Å². The van der Waals surface area contributed by atoms with Gasteiger partial charge in [0.1, 0.15) is 0 Å². The third kappa shape index (κ3) is 2.10. The number of H-pyrrole nitrogens is 1. The maximum atomic E-state index is 5.57. The monoisotopic (exact) mass is 200 g/mol. The van der Waals surface area contributed by atoms with Gasteiger partial charge in [-0.1, -0.05) is 29.3 Å². The maximum Gasteiger partial charge on any atom is 0.0332 e. The highest BCUT2D eigenvalue weighted by molar-refractivity contribution is 5.65. The van der Waals surface area contributed by atoms with Crippen LogP contribution in [-0.4, -0.2) is 4.98 Å². The van der Waals surface area contributed by atoms with Crippen LogP contribution in [-0.2, 0) is 6.54 Å². The van der Waals surface area contributed by atoms with Gasteiger partial charge in [-0.25, -0.2) is 0 Å². The number of benzene rings is 1. The summed E-state index contributed by atoms with van der Waals surface area (Å²) in [6.07, 6.45) is 2.01. The van der Waals surface area contributed by atoms with Crippen LogP contribution >= 0.6 is 0 Å². The Bertz CT molecular complexity index is 449. The Labute approximate surface area is 90.1 Å². The molecule has 0 radical (unpaired) electrons. The molecule has 0 spiro atoms. The van der Waals surface area contributed by atoms with Crippen LogP contribution in [0.2, 0.25) is 0 Å². The second-order valence-corrected chi connectivity index (χ2v) is 3.99. The summed E-state index contributed by atoms with van der Waals surface area (Å²) in [6.45, 7) is 4.80. The van der Waals surface area contributed by atoms with Crippen molar-refractivity contribution >= 4 is 0 Å². The molecule has 1 aromatic carbocycles. The van der Waals surface area contributed by atoms with Crippen molar-refractivity contribution in [1.29, 1.82) is 0 Å². The second-order valence-electron chi connectivity index (χ2n) is 3.99. The molecule has 78 valence electrons. The molecule has 0 fully saturated rings. The summed E-state index contributed by atoms with van der Waals surface area (Å²) in [6, 6.07) is 8.67. The van der Waals surface area contributed by atoms with Crippen molar-refractivity contribution in [3.63, 3.8) is 0 Å². The van der Waals surface area contributed by atoms with Crippen molar-refractivity contribution in [2.24, 2.45) is 5.73 Å². The minimum Gasteiger partial charge on any atom is -0.363 e. The van der Waals surface area contributed by atoms with Gasteiger partial charge in [-0.3, -0.25) is 0 Å². The first-order valence-electron chi connectivity index (χ1n) is 5.15. The largest absolute Gasteiger partial charge is 0.363 e. The average molecular weight is 200 g/mol. The van der Waals surface area contributed by atoms with Gasteiger partial charge in [0.05, 0.1) is 0 Å². The third-order valence-electron chi connectivity index (χ3n) is 2.52. The number of nitrogens with one attached hydrogen (secondary N) is 1. The molecule has 3 N–H and O–H groups in total. The van der Waals surface area contributed by atoms with Gasteiger partial charge in [0, 0.05) is 18.4 Å². The fraction of sp³-hybridized carbons (Fsp3) is 0.231. The van der Waals surface area contributed by atoms with E-state index in [0.717, 1.165) is 5.69 Å². The molecule has 0 amide bonds. The van der Waals surface area contributed by atoms with Gasteiger partial charge >= 0.3 is 0 Å². The first-order valence-corrected chi connectivity index (χ1v) is 5.15. The average Bonchev–Trinajstić information content (AvgIpc) is 2.64. The number of aryl methyl sites for hydroxylation is 2. The first-order chi connectivity index (χ1) is 7.19. The number of nitrogens with two attached hydrogens (primary N) is 1. The van der Waals surface area contributed by atoms with Crippen LogP contribution < -0.4 is 5.73 Å². The van der Waals surface area contributed by atoms with Gasteiger partial charge in [-0.05, 0) is 31.0 Å². The summed E-state index contributed by atoms with van der Waals surface area (Å²) in [5.41, 5.74) is 11.7. The normalized spacial score (nSPS) is 10.6. The zero-order valence-electron chi connectivity index (χ0n) is 9.17. The van der Waals surface area contributed by atoms with Gasteiger partial charge in [0.2, 0.25) is 0 Å². The van der Waals surface area contributed by atoms with E-state index in [0.29, 0.717) is 6.54 Å². The zero-order valence-corrected chi connectivity index (χ0v) is 9.17. The molecule has 1 aromatic heterocycles. The summed E-state index contributed by atoms with van der Waals surface area (Å²) in [5.74, 6) is 0. The minimum atomic E-state index is 0.560. The summed E-state index contributed by atoms with van der Waals surface area (Å²) < 4.78 is 0. The van der Waals surface area contributed by atoms with Gasteiger partial charge in [-0.15, -0.1) is 0 Å². The molecule has 0 saturated heterocycles. The lowest BCUT2D eigenvalue weighted by atomic mass is 10.0. The van der Waals surface area contributed by atoms with Crippen LogP contribution in [0, 0.1) is 13.8 Å². The minimum absolute atomic E-state index is 0.560. The Hall–Kier alpha value is -1.54. The van der Waals surface area contributed by atoms with Gasteiger partial charge in [-0.2, -0.15) is 0 Å². The molecule has 2 nitrogen and oxygen atoms in total. The molecule has 1 heterocycles. The van der Waals surface area contributed by atoms with Crippen molar-refractivity contribution in [1.82, 2.24) is 4.98 Å². The molecule has 0 saturated carbocycles. The van der Waals surface area contributed by atoms with E-state index < -0.39 is 0 Å². The maximum absolute atomic E-state index is 5.57. The molecule has 0 aliphatic heterocycles. The van der Waals surface area contributed by atoms with Gasteiger partial charge < -0.3 is 10.7 Å². The van der Waals surface area contributed by atoms with Gasteiger partial charge in [0.15, 0.2) is 0 Å². The Morgan fingerprint density at radius 3 is 2.20 bits per heavy atom. The zero-order chi connectivity index (χ0) is 10.8. The van der Waals surface area contributed by atoms with E-state index in [1.165, 1.54) is 22.3 Å². The molecule has 15 heavy (non-hydrogen) atoms. The summed E-state index contributed by atoms with van der Waals surface area (Å²) >= 11 is 0. The second kappa shape index (κ2) is 3.91. The molecule has 0 aliphatic rings. The van der Waals surface area contributed by atoms with E-state index in [-0.39, 0.29) is 0 Å². The third-order valence-corrected chi connectivity index (χ3v) is 2.52. The predicted octanol–water partition coefficient (Wildman–Crippen LogP) is 2.76. The van der Waals surface area contributed by atoms with E-state index in [9.17, 15) is 0 Å². The summed E-state index contributed by atoms with van der Waals surface area (Å²) in [4.78, 5) is 3.17. The number of hydrogen-bond acceptors (Lipinski definition) is 1. The highest BCUT2D eigenvalue weighted by atomic mass is 14.7. The Kier molecular flexibility index (Phi) is 2.60. The quantitative estimate of drug-likeness (QED) is 0.769. The van der Waals surface area contributed by atoms with E-state index in [4.69, 9.17) is 5.73 Å². The molecule has 2 aromatic rings. The van der Waals surface area contributed by atoms with Crippen LogP contribution in [0.25, 0.3) is 11.1 Å². The SMILES string of the molecule is Cc1cc(C)cc(-c2c[nH]c(CN)c2)c1. The lowest BCUT2D eigenvalue weighted by Gasteiger charge is -2.02. The van der Waals surface area contributed by atoms with E-state index in [1.807, 2.05) is 6.20 Å². The van der Waals surface area contributed by atoms with Crippen molar-refractivity contribution in [3.05, 3.63) is 47.3 Å². The number of hydrogen-bond donors (Lipinski definition) is 2. The highest BCUT2D eigenvalue weighted by Gasteiger charge is 2.02. The number of aromatic nitrogens is 1. The standard InChI is InChI=1S/C13H16N2/c1-9-3-10(2)5-11(4-9)12-6-13(7-14)15-8-12/h3-6,8,15H,7,14H2,1-2H3. The van der Waals surface area contributed by atoms with Gasteiger partial charge in [0.25, 0.3) is 0 Å². The Morgan fingerprint density at radius 1 is 1.00 bits per heavy atom. The topological polar surface area (TPSA) is 41.8 Å². The number of rotatable bonds is 2. The van der Waals surface area contributed by atoms with E-state index >= 15 is 0 Å². The van der Waals surface area contributed by atoms with Crippen molar-refractivity contribution in [2.45, 2.75) is 20.4 Å². The summed E-state index contributed by atoms with van der Waals surface area (Å²) in [7, 11) is 0. The first kappa shape index (κ1) is 9.99. The molecule has 2 rings (SSSR count). The molecular formula is C13H16N2. The number of aromatic amines is 1. The molecule has 0 bridgehead atoms. The lowest BCUT2D eigenvalue weighted by molar-refractivity contribution is 1.01. The smallest absolute Gasteiger partial charge is 0.0332 e. The molecule has 0 aliphatic carbocycles. The van der Waals surface area contributed by atoms with Crippen LogP contribution in [0.1, 0.15) is 16.8 Å². The Balaban J connectivity index is 2.44. The molecule has 0 atom stereocenters. The van der Waals surface area contributed by atoms with E-state index in [2.05, 4.69) is 43.1 Å². The fourth-order valence-electron chi connectivity index (χ4n) is 1.87. The van der Waals surface area contributed by atoms with Crippen LogP contribution in [0.4, 0.5) is 0 Å². The summed E-state index contributed by atoms with van der Waals surface area (Å²) in [5, 5.41) is 0. The molecule has 0 unspecified atom stereocenters. The Morgan fingerprint density at radius 2 is 1.67 bits per heavy atom. The fourth-order valence-corrected chi connectivity index (χ4v) is 1.87.